The van der Waals surface area contributed by atoms with Crippen LogP contribution >= 0.6 is 22.7 Å². The summed E-state index contributed by atoms with van der Waals surface area (Å²) < 4.78 is 0. The lowest BCUT2D eigenvalue weighted by atomic mass is 10.5. The summed E-state index contributed by atoms with van der Waals surface area (Å²) in [4.78, 5) is 0. The second-order valence-corrected chi connectivity index (χ2v) is 3.77. The van der Waals surface area contributed by atoms with Crippen LogP contribution in [0.2, 0.25) is 0 Å². The summed E-state index contributed by atoms with van der Waals surface area (Å²) in [6.07, 6.45) is 0.900. The summed E-state index contributed by atoms with van der Waals surface area (Å²) in [5.41, 5.74) is 0. The number of hydrogen-bond acceptors (Lipinski definition) is 0. The van der Waals surface area contributed by atoms with Crippen molar-refractivity contribution in [3.05, 3.63) is 11.8 Å². The zero-order valence-corrected chi connectivity index (χ0v) is 7.01. The molecule has 0 amide bonds. The van der Waals surface area contributed by atoms with E-state index in [9.17, 15) is 0 Å². The summed E-state index contributed by atoms with van der Waals surface area (Å²) in [6, 6.07) is 0. The molecule has 0 rings (SSSR count). The van der Waals surface area contributed by atoms with E-state index in [1.807, 2.05) is 0 Å². The molecule has 0 aromatic heterocycles. The summed E-state index contributed by atoms with van der Waals surface area (Å²) in [5, 5.41) is 1.15. The van der Waals surface area contributed by atoms with Crippen LogP contribution < -0.4 is 0 Å². The van der Waals surface area contributed by atoms with Gasteiger partial charge in [-0.2, -0.15) is 11.1 Å². The molecule has 7 heavy (non-hydrogen) atoms. The molecule has 0 unspecified atom stereocenters. The smallest absolute Gasteiger partial charge is 0.151 e. The molecule has 0 aliphatic heterocycles. The second kappa shape index (κ2) is 4.69. The van der Waals surface area contributed by atoms with Gasteiger partial charge in [-0.15, -0.1) is 18.2 Å². The number of allylic oxidation sites excluding steroid dienone is 1. The van der Waals surface area contributed by atoms with Crippen LogP contribution in [0, 0.1) is 0 Å². The Morgan fingerprint density at radius 1 is 1.71 bits per heavy atom. The molecule has 0 bridgehead atoms. The van der Waals surface area contributed by atoms with Crippen LogP contribution in [0.4, 0.5) is 0 Å². The summed E-state index contributed by atoms with van der Waals surface area (Å²) in [7, 11) is -0.479. The minimum absolute atomic E-state index is 0.479. The van der Waals surface area contributed by atoms with Gasteiger partial charge in [-0.25, -0.2) is 0 Å². The third-order valence-corrected chi connectivity index (χ3v) is 2.69. The first-order chi connectivity index (χ1) is 3.31. The Morgan fingerprint density at radius 2 is 2.29 bits per heavy atom. The van der Waals surface area contributed by atoms with Crippen molar-refractivity contribution in [1.82, 2.24) is 0 Å². The van der Waals surface area contributed by atoms with Gasteiger partial charge in [-0.3, -0.25) is 0 Å². The third kappa shape index (κ3) is 4.39. The molecule has 42 valence electrons. The normalized spacial score (nSPS) is 10.6. The lowest BCUT2D eigenvalue weighted by Crippen LogP contribution is -1.85. The Kier molecular flexibility index (Phi) is 5.05. The van der Waals surface area contributed by atoms with Gasteiger partial charge in [-0.1, -0.05) is 5.20 Å². The summed E-state index contributed by atoms with van der Waals surface area (Å²) >= 11 is 10.9. The first-order valence-corrected chi connectivity index (χ1v) is 5.47. The molecule has 0 aromatic carbocycles. The lowest BCUT2D eigenvalue weighted by molar-refractivity contribution is 1.21. The predicted octanol–water partition coefficient (Wildman–Crippen LogP) is 1.45. The molecule has 0 saturated heterocycles. The highest BCUT2D eigenvalue weighted by Crippen LogP contribution is 1.97. The van der Waals surface area contributed by atoms with Crippen LogP contribution in [0.25, 0.3) is 0 Å². The third-order valence-electron chi connectivity index (χ3n) is 0.637. The monoisotopic (exact) mass is 154 g/mol. The van der Waals surface area contributed by atoms with Crippen molar-refractivity contribution in [2.75, 3.05) is 5.88 Å². The molecule has 0 saturated carbocycles. The molecule has 0 N–H and O–H groups in total. The summed E-state index contributed by atoms with van der Waals surface area (Å²) in [5.74, 6) is 0.665. The first kappa shape index (κ1) is 7.54. The van der Waals surface area contributed by atoms with Gasteiger partial charge >= 0.3 is 0 Å². The Bertz CT molecular complexity index is 62.7. The van der Waals surface area contributed by atoms with E-state index < -0.39 is 8.83 Å². The molecule has 0 heterocycles. The Morgan fingerprint density at radius 3 is 2.43 bits per heavy atom. The van der Waals surface area contributed by atoms with Crippen molar-refractivity contribution in [1.29, 1.82) is 0 Å². The Hall–Kier alpha value is 0.537. The molecular weight excluding hydrogens is 147 g/mol. The molecular formula is C4H8Cl2Si. The Labute approximate surface area is 56.0 Å². The number of rotatable bonds is 3. The largest absolute Gasteiger partial charge is 0.170 e. The number of halogens is 2. The highest BCUT2D eigenvalue weighted by Gasteiger charge is 1.87. The predicted molar refractivity (Wildman–Crippen MR) is 38.9 cm³/mol. The lowest BCUT2D eigenvalue weighted by Gasteiger charge is -1.90. The van der Waals surface area contributed by atoms with Crippen molar-refractivity contribution in [3.63, 3.8) is 0 Å². The van der Waals surface area contributed by atoms with Crippen molar-refractivity contribution in [3.8, 4) is 0 Å². The quantitative estimate of drug-likeness (QED) is 0.328. The molecule has 0 spiro atoms. The van der Waals surface area contributed by atoms with Crippen LogP contribution in [-0.2, 0) is 0 Å². The fraction of sp³-hybridized carbons (Fsp3) is 0.500. The van der Waals surface area contributed by atoms with Gasteiger partial charge in [0.2, 0.25) is 0 Å². The number of hydrogen-bond donors (Lipinski definition) is 0. The standard InChI is InChI=1S/C4H8Cl2Si/c1-4(7-6)2-3-5/h1-3,7H2. The van der Waals surface area contributed by atoms with Crippen LogP contribution in [0.1, 0.15) is 6.42 Å². The van der Waals surface area contributed by atoms with Gasteiger partial charge < -0.3 is 0 Å². The van der Waals surface area contributed by atoms with Gasteiger partial charge in [-0.05, 0) is 6.42 Å². The molecule has 0 aromatic rings. The fourth-order valence-electron chi connectivity index (χ4n) is 0.200. The van der Waals surface area contributed by atoms with Crippen molar-refractivity contribution in [2.45, 2.75) is 6.42 Å². The van der Waals surface area contributed by atoms with E-state index in [4.69, 9.17) is 22.7 Å². The minimum Gasteiger partial charge on any atom is -0.170 e. The average Bonchev–Trinajstić information content (AvgIpc) is 1.68. The van der Waals surface area contributed by atoms with Crippen LogP contribution in [-0.4, -0.2) is 14.7 Å². The molecule has 0 aliphatic carbocycles. The molecule has 3 heteroatoms. The van der Waals surface area contributed by atoms with E-state index in [1.165, 1.54) is 0 Å². The highest BCUT2D eigenvalue weighted by atomic mass is 35.6. The highest BCUT2D eigenvalue weighted by molar-refractivity contribution is 6.97. The van der Waals surface area contributed by atoms with Crippen molar-refractivity contribution < 1.29 is 0 Å². The SMILES string of the molecule is C=C(CCCl)[SiH2]Cl. The van der Waals surface area contributed by atoms with Gasteiger partial charge in [0.1, 0.15) is 0 Å². The molecule has 0 nitrogen and oxygen atoms in total. The van der Waals surface area contributed by atoms with E-state index in [0.29, 0.717) is 5.88 Å². The van der Waals surface area contributed by atoms with Gasteiger partial charge in [0.15, 0.2) is 8.83 Å². The van der Waals surface area contributed by atoms with Crippen LogP contribution in [0.5, 0.6) is 0 Å². The van der Waals surface area contributed by atoms with Gasteiger partial charge in [0.25, 0.3) is 0 Å². The Balaban J connectivity index is 3.00. The van der Waals surface area contributed by atoms with Crippen molar-refractivity contribution >= 4 is 31.5 Å². The molecule has 0 aliphatic rings. The van der Waals surface area contributed by atoms with Crippen LogP contribution in [0.15, 0.2) is 11.8 Å². The van der Waals surface area contributed by atoms with E-state index in [0.717, 1.165) is 11.6 Å². The average molecular weight is 155 g/mol. The van der Waals surface area contributed by atoms with E-state index in [-0.39, 0.29) is 0 Å². The maximum atomic E-state index is 5.51. The fourth-order valence-corrected chi connectivity index (χ4v) is 1.40. The minimum atomic E-state index is -0.479. The zero-order chi connectivity index (χ0) is 5.70. The van der Waals surface area contributed by atoms with E-state index in [1.54, 1.807) is 0 Å². The first-order valence-electron chi connectivity index (χ1n) is 2.10. The van der Waals surface area contributed by atoms with Gasteiger partial charge in [0.05, 0.1) is 0 Å². The van der Waals surface area contributed by atoms with Crippen molar-refractivity contribution in [2.24, 2.45) is 0 Å². The molecule has 0 atom stereocenters. The maximum Gasteiger partial charge on any atom is 0.151 e. The van der Waals surface area contributed by atoms with Crippen LogP contribution in [0.3, 0.4) is 0 Å². The topological polar surface area (TPSA) is 0 Å². The van der Waals surface area contributed by atoms with E-state index >= 15 is 0 Å². The van der Waals surface area contributed by atoms with Gasteiger partial charge in [0, 0.05) is 5.88 Å². The summed E-state index contributed by atoms with van der Waals surface area (Å²) in [6.45, 7) is 3.71. The number of alkyl halides is 1. The maximum absolute atomic E-state index is 5.51. The zero-order valence-electron chi connectivity index (χ0n) is 4.08. The van der Waals surface area contributed by atoms with E-state index in [2.05, 4.69) is 6.58 Å². The second-order valence-electron chi connectivity index (χ2n) is 1.32. The molecule has 0 fully saturated rings. The molecule has 0 radical (unpaired) electrons.